The molecule has 0 radical (unpaired) electrons. The van der Waals surface area contributed by atoms with Crippen LogP contribution in [0.5, 0.6) is 11.5 Å². The summed E-state index contributed by atoms with van der Waals surface area (Å²) in [7, 11) is 1.18. The van der Waals surface area contributed by atoms with E-state index >= 15 is 0 Å². The van der Waals surface area contributed by atoms with Crippen LogP contribution in [0.1, 0.15) is 18.4 Å². The number of halogens is 1. The van der Waals surface area contributed by atoms with Crippen LogP contribution in [-0.2, 0) is 4.74 Å². The average molecular weight is 472 g/mol. The van der Waals surface area contributed by atoms with Gasteiger partial charge in [-0.2, -0.15) is 9.98 Å². The highest BCUT2D eigenvalue weighted by atomic mass is 32.2. The third kappa shape index (κ3) is 5.75. The van der Waals surface area contributed by atoms with Crippen molar-refractivity contribution in [2.24, 2.45) is 9.98 Å². The van der Waals surface area contributed by atoms with Crippen molar-refractivity contribution in [2.75, 3.05) is 20.0 Å². The van der Waals surface area contributed by atoms with Crippen molar-refractivity contribution in [1.82, 2.24) is 10.1 Å². The number of carbonyl (C=O) groups excluding carboxylic acids is 1. The molecule has 0 aliphatic rings. The molecule has 1 heterocycles. The second-order valence-electron chi connectivity index (χ2n) is 6.47. The van der Waals surface area contributed by atoms with Crippen LogP contribution in [0.15, 0.2) is 50.9 Å². The summed E-state index contributed by atoms with van der Waals surface area (Å²) in [6.07, 6.45) is 0.781. The van der Waals surface area contributed by atoms with Gasteiger partial charge in [-0.1, -0.05) is 5.16 Å². The summed E-state index contributed by atoms with van der Waals surface area (Å²) in [6, 6.07) is 9.33. The molecule has 0 bridgehead atoms. The minimum atomic E-state index is -0.928. The second-order valence-corrected chi connectivity index (χ2v) is 7.27. The molecule has 0 saturated carbocycles. The first kappa shape index (κ1) is 23.9. The van der Waals surface area contributed by atoms with E-state index in [4.69, 9.17) is 9.26 Å². The molecular weight excluding hydrogens is 451 g/mol. The van der Waals surface area contributed by atoms with E-state index in [1.807, 2.05) is 0 Å². The number of aliphatic imine (C=N–C) groups is 2. The van der Waals surface area contributed by atoms with Crippen molar-refractivity contribution < 1.29 is 28.3 Å². The fraction of sp³-hybridized carbons (Fsp3) is 0.227. The molecule has 0 atom stereocenters. The number of aromatic hydroxyl groups is 1. The first-order chi connectivity index (χ1) is 15.9. The first-order valence-corrected chi connectivity index (χ1v) is 10.9. The summed E-state index contributed by atoms with van der Waals surface area (Å²) < 4.78 is 30.0. The van der Waals surface area contributed by atoms with E-state index in [1.165, 1.54) is 13.2 Å². The molecule has 172 valence electrons. The highest BCUT2D eigenvalue weighted by Gasteiger charge is 2.21. The van der Waals surface area contributed by atoms with Gasteiger partial charge >= 0.3 is 6.09 Å². The van der Waals surface area contributed by atoms with Crippen molar-refractivity contribution in [3.63, 3.8) is 0 Å². The number of nitrogens with zero attached hydrogens (tertiary/aromatic N) is 4. The van der Waals surface area contributed by atoms with Crippen molar-refractivity contribution in [2.45, 2.75) is 13.8 Å². The zero-order chi connectivity index (χ0) is 24.0. The number of hydrogen-bond donors (Lipinski definition) is 1. The normalized spacial score (nSPS) is 12.0. The summed E-state index contributed by atoms with van der Waals surface area (Å²) >= 11 is 1.07. The Bertz CT molecular complexity index is 1210. The van der Waals surface area contributed by atoms with E-state index in [0.717, 1.165) is 17.8 Å². The smallest absolute Gasteiger partial charge is 0.434 e. The molecule has 1 N–H and O–H groups in total. The van der Waals surface area contributed by atoms with E-state index in [1.54, 1.807) is 44.4 Å². The number of aryl methyl sites for hydroxylation is 1. The molecule has 0 aliphatic heterocycles. The van der Waals surface area contributed by atoms with Crippen LogP contribution >= 0.6 is 11.8 Å². The number of hydrogen-bond acceptors (Lipinski definition) is 9. The SMILES string of the molecule is CCOc1cc(O)c(F)c(C(=Nc2ccc(-c3noc(C)n3)cc2)/C(=N/C(=O)OC)SC)c1. The number of methoxy groups -OCH3 is 1. The zero-order valence-corrected chi connectivity index (χ0v) is 19.1. The number of carbonyl (C=O) groups is 1. The minimum Gasteiger partial charge on any atom is -0.505 e. The Hall–Kier alpha value is -3.73. The number of phenols is 1. The summed E-state index contributed by atoms with van der Waals surface area (Å²) in [5.74, 6) is -0.462. The Morgan fingerprint density at radius 3 is 2.58 bits per heavy atom. The van der Waals surface area contributed by atoms with E-state index in [0.29, 0.717) is 29.6 Å². The van der Waals surface area contributed by atoms with Crippen LogP contribution in [0, 0.1) is 12.7 Å². The van der Waals surface area contributed by atoms with E-state index in [9.17, 15) is 14.3 Å². The molecule has 0 saturated heterocycles. The van der Waals surface area contributed by atoms with Gasteiger partial charge in [-0.3, -0.25) is 0 Å². The number of benzene rings is 2. The first-order valence-electron chi connectivity index (χ1n) is 9.72. The largest absolute Gasteiger partial charge is 0.505 e. The molecule has 0 fully saturated rings. The Morgan fingerprint density at radius 2 is 2.00 bits per heavy atom. The second kappa shape index (κ2) is 10.7. The quantitative estimate of drug-likeness (QED) is 0.396. The lowest BCUT2D eigenvalue weighted by Gasteiger charge is -2.13. The fourth-order valence-electron chi connectivity index (χ4n) is 2.78. The van der Waals surface area contributed by atoms with Crippen LogP contribution in [0.2, 0.25) is 0 Å². The molecule has 2 aromatic carbocycles. The fourth-order valence-corrected chi connectivity index (χ4v) is 3.30. The molecule has 1 aromatic heterocycles. The maximum Gasteiger partial charge on any atom is 0.434 e. The summed E-state index contributed by atoms with van der Waals surface area (Å²) in [4.78, 5) is 24.4. The molecule has 3 aromatic rings. The topological polar surface area (TPSA) is 119 Å². The third-order valence-electron chi connectivity index (χ3n) is 4.25. The van der Waals surface area contributed by atoms with Gasteiger partial charge in [0.05, 0.1) is 19.4 Å². The number of aromatic nitrogens is 2. The molecule has 9 nitrogen and oxygen atoms in total. The third-order valence-corrected chi connectivity index (χ3v) is 4.92. The maximum atomic E-state index is 15.0. The van der Waals surface area contributed by atoms with Gasteiger partial charge in [0.2, 0.25) is 11.7 Å². The molecule has 33 heavy (non-hydrogen) atoms. The van der Waals surface area contributed by atoms with E-state index in [2.05, 4.69) is 24.9 Å². The van der Waals surface area contributed by atoms with Crippen LogP contribution in [-0.4, -0.2) is 52.1 Å². The lowest BCUT2D eigenvalue weighted by molar-refractivity contribution is 0.183. The van der Waals surface area contributed by atoms with Gasteiger partial charge in [-0.05, 0) is 43.5 Å². The predicted molar refractivity (Wildman–Crippen MR) is 123 cm³/mol. The Balaban J connectivity index is 2.14. The highest BCUT2D eigenvalue weighted by molar-refractivity contribution is 8.15. The Labute approximate surface area is 193 Å². The van der Waals surface area contributed by atoms with Crippen molar-refractivity contribution >= 4 is 34.3 Å². The number of phenolic OH excluding ortho intramolecular Hbond substituents is 1. The van der Waals surface area contributed by atoms with Crippen LogP contribution < -0.4 is 4.74 Å². The summed E-state index contributed by atoms with van der Waals surface area (Å²) in [5, 5.41) is 14.1. The average Bonchev–Trinajstić information content (AvgIpc) is 3.25. The Kier molecular flexibility index (Phi) is 7.78. The van der Waals surface area contributed by atoms with E-state index < -0.39 is 17.7 Å². The molecule has 11 heteroatoms. The van der Waals surface area contributed by atoms with Crippen LogP contribution in [0.25, 0.3) is 11.4 Å². The number of amides is 1. The molecule has 0 unspecified atom stereocenters. The lowest BCUT2D eigenvalue weighted by atomic mass is 10.1. The van der Waals surface area contributed by atoms with Gasteiger partial charge in [0.15, 0.2) is 11.6 Å². The van der Waals surface area contributed by atoms with Gasteiger partial charge in [0.1, 0.15) is 16.5 Å². The molecule has 3 rings (SSSR count). The van der Waals surface area contributed by atoms with Crippen LogP contribution in [0.4, 0.5) is 14.9 Å². The summed E-state index contributed by atoms with van der Waals surface area (Å²) in [5.41, 5.74) is 1.06. The van der Waals surface area contributed by atoms with E-state index in [-0.39, 0.29) is 22.1 Å². The van der Waals surface area contributed by atoms with Crippen molar-refractivity contribution in [1.29, 1.82) is 0 Å². The van der Waals surface area contributed by atoms with Gasteiger partial charge in [-0.15, -0.1) is 11.8 Å². The van der Waals surface area contributed by atoms with Crippen molar-refractivity contribution in [3.05, 3.63) is 53.7 Å². The number of thioether (sulfide) groups is 1. The number of ether oxygens (including phenoxy) is 2. The lowest BCUT2D eigenvalue weighted by Crippen LogP contribution is -2.16. The monoisotopic (exact) mass is 472 g/mol. The highest BCUT2D eigenvalue weighted by Crippen LogP contribution is 2.30. The number of rotatable bonds is 6. The molecular formula is C22H21FN4O5S. The predicted octanol–water partition coefficient (Wildman–Crippen LogP) is 4.94. The maximum absolute atomic E-state index is 15.0. The van der Waals surface area contributed by atoms with Crippen molar-refractivity contribution in [3.8, 4) is 22.9 Å². The van der Waals surface area contributed by atoms with Gasteiger partial charge in [0.25, 0.3) is 0 Å². The van der Waals surface area contributed by atoms with Gasteiger partial charge in [-0.25, -0.2) is 14.2 Å². The minimum absolute atomic E-state index is 0.0189. The summed E-state index contributed by atoms with van der Waals surface area (Å²) in [6.45, 7) is 3.75. The van der Waals surface area contributed by atoms with Crippen LogP contribution in [0.3, 0.4) is 0 Å². The molecule has 0 spiro atoms. The molecule has 0 aliphatic carbocycles. The molecule has 1 amide bonds. The Morgan fingerprint density at radius 1 is 1.27 bits per heavy atom. The van der Waals surface area contributed by atoms with Gasteiger partial charge < -0.3 is 19.1 Å². The van der Waals surface area contributed by atoms with Gasteiger partial charge in [0, 0.05) is 24.1 Å². The standard InChI is InChI=1S/C22H21FN4O5S/c1-5-31-15-10-16(18(23)17(28)11-15)19(21(33-4)26-22(29)30-3)25-14-8-6-13(7-9-14)20-24-12(2)32-27-20/h6-11,28H,5H2,1-4H3/b25-19?,26-21-. The zero-order valence-electron chi connectivity index (χ0n) is 18.3.